The minimum Gasteiger partial charge on any atom is -0.444 e. The van der Waals surface area contributed by atoms with Crippen molar-refractivity contribution in [3.8, 4) is 0 Å². The summed E-state index contributed by atoms with van der Waals surface area (Å²) in [5.74, 6) is 0. The third-order valence-corrected chi connectivity index (χ3v) is 3.06. The zero-order chi connectivity index (χ0) is 15.6. The van der Waals surface area contributed by atoms with Gasteiger partial charge in [-0.25, -0.2) is 4.79 Å². The van der Waals surface area contributed by atoms with E-state index in [9.17, 15) is 9.59 Å². The van der Waals surface area contributed by atoms with Crippen LogP contribution in [0.2, 0.25) is 0 Å². The van der Waals surface area contributed by atoms with Crippen molar-refractivity contribution in [1.82, 2.24) is 15.1 Å². The molecule has 1 aromatic heterocycles. The minimum atomic E-state index is -0.732. The second-order valence-corrected chi connectivity index (χ2v) is 5.85. The molecule has 0 aliphatic heterocycles. The van der Waals surface area contributed by atoms with Crippen LogP contribution in [0.5, 0.6) is 0 Å². The van der Waals surface area contributed by atoms with Gasteiger partial charge in [0.2, 0.25) is 0 Å². The van der Waals surface area contributed by atoms with Crippen molar-refractivity contribution >= 4 is 23.3 Å². The highest BCUT2D eigenvalue weighted by molar-refractivity contribution is 5.86. The Morgan fingerprint density at radius 2 is 2.14 bits per heavy atom. The van der Waals surface area contributed by atoms with E-state index in [0.29, 0.717) is 5.56 Å². The van der Waals surface area contributed by atoms with Crippen LogP contribution in [0.25, 0.3) is 10.9 Å². The highest BCUT2D eigenvalue weighted by Crippen LogP contribution is 2.26. The first-order valence-electron chi connectivity index (χ1n) is 6.66. The number of nitrogens with one attached hydrogen (secondary N) is 1. The van der Waals surface area contributed by atoms with Gasteiger partial charge in [-0.15, -0.1) is 0 Å². The van der Waals surface area contributed by atoms with Gasteiger partial charge in [0.25, 0.3) is 0 Å². The number of ether oxygens (including phenoxy) is 1. The van der Waals surface area contributed by atoms with Crippen molar-refractivity contribution in [1.29, 1.82) is 0 Å². The Morgan fingerprint density at radius 3 is 2.76 bits per heavy atom. The Hall–Kier alpha value is -2.37. The number of amides is 1. The van der Waals surface area contributed by atoms with Crippen molar-refractivity contribution in [3.63, 3.8) is 0 Å². The molecule has 0 aliphatic carbocycles. The fourth-order valence-electron chi connectivity index (χ4n) is 2.06. The number of likely N-dealkylation sites (N-methyl/N-ethyl adjacent to an activating group) is 1. The smallest absolute Gasteiger partial charge is 0.410 e. The molecule has 0 fully saturated rings. The van der Waals surface area contributed by atoms with E-state index in [1.54, 1.807) is 40.1 Å². The molecule has 1 heterocycles. The summed E-state index contributed by atoms with van der Waals surface area (Å²) in [6, 6.07) is 4.77. The average molecular weight is 289 g/mol. The lowest BCUT2D eigenvalue weighted by molar-refractivity contribution is -0.112. The average Bonchev–Trinajstić information content (AvgIpc) is 2.86. The largest absolute Gasteiger partial charge is 0.444 e. The third kappa shape index (κ3) is 3.21. The highest BCUT2D eigenvalue weighted by atomic mass is 16.6. The summed E-state index contributed by atoms with van der Waals surface area (Å²) in [6.45, 7) is 5.35. The Morgan fingerprint density at radius 1 is 1.43 bits per heavy atom. The van der Waals surface area contributed by atoms with Crippen LogP contribution in [0, 0.1) is 0 Å². The van der Waals surface area contributed by atoms with Gasteiger partial charge in [0, 0.05) is 18.0 Å². The topological polar surface area (TPSA) is 75.3 Å². The number of nitrogens with zero attached hydrogens (tertiary/aromatic N) is 2. The molecule has 2 rings (SSSR count). The molecule has 0 aliphatic rings. The number of aromatic nitrogens is 2. The van der Waals surface area contributed by atoms with Crippen LogP contribution in [-0.2, 0) is 9.53 Å². The molecule has 21 heavy (non-hydrogen) atoms. The number of aromatic amines is 1. The maximum atomic E-state index is 12.1. The van der Waals surface area contributed by atoms with Gasteiger partial charge in [-0.1, -0.05) is 18.2 Å². The SMILES string of the molecule is CN(C(=O)OC(C)(C)C)C(C=O)c1cccc2cn[nH]c12. The predicted octanol–water partition coefficient (Wildman–Crippen LogP) is 2.67. The van der Waals surface area contributed by atoms with Crippen molar-refractivity contribution < 1.29 is 14.3 Å². The molecule has 0 spiro atoms. The maximum absolute atomic E-state index is 12.1. The lowest BCUT2D eigenvalue weighted by Crippen LogP contribution is -2.37. The lowest BCUT2D eigenvalue weighted by Gasteiger charge is -2.28. The van der Waals surface area contributed by atoms with Crippen LogP contribution in [0.15, 0.2) is 24.4 Å². The Labute approximate surface area is 123 Å². The number of hydrogen-bond donors (Lipinski definition) is 1. The summed E-state index contributed by atoms with van der Waals surface area (Å²) in [7, 11) is 1.54. The number of carbonyl (C=O) groups excluding carboxylic acids is 2. The van der Waals surface area contributed by atoms with E-state index in [1.165, 1.54) is 4.90 Å². The van der Waals surface area contributed by atoms with Crippen molar-refractivity contribution in [3.05, 3.63) is 30.0 Å². The normalized spacial score (nSPS) is 13.0. The molecular formula is C15H19N3O3. The zero-order valence-electron chi connectivity index (χ0n) is 12.6. The number of hydrogen-bond acceptors (Lipinski definition) is 4. The Kier molecular flexibility index (Phi) is 3.97. The second-order valence-electron chi connectivity index (χ2n) is 5.85. The van der Waals surface area contributed by atoms with E-state index < -0.39 is 17.7 Å². The summed E-state index contributed by atoms with van der Waals surface area (Å²) < 4.78 is 5.30. The molecule has 6 nitrogen and oxygen atoms in total. The molecule has 6 heteroatoms. The molecule has 2 aromatic rings. The number of para-hydroxylation sites is 1. The molecule has 1 amide bonds. The summed E-state index contributed by atoms with van der Waals surface area (Å²) in [6.07, 6.45) is 1.85. The number of rotatable bonds is 3. The minimum absolute atomic E-state index is 0.545. The van der Waals surface area contributed by atoms with Crippen LogP contribution in [0.4, 0.5) is 4.79 Å². The first-order chi connectivity index (χ1) is 9.83. The molecular weight excluding hydrogens is 270 g/mol. The van der Waals surface area contributed by atoms with E-state index in [0.717, 1.165) is 17.2 Å². The van der Waals surface area contributed by atoms with E-state index in [4.69, 9.17) is 4.74 Å². The zero-order valence-corrected chi connectivity index (χ0v) is 12.6. The number of aldehydes is 1. The lowest BCUT2D eigenvalue weighted by atomic mass is 10.0. The molecule has 1 N–H and O–H groups in total. The summed E-state index contributed by atoms with van der Waals surface area (Å²) in [4.78, 5) is 24.9. The van der Waals surface area contributed by atoms with Gasteiger partial charge < -0.3 is 9.53 Å². The van der Waals surface area contributed by atoms with E-state index >= 15 is 0 Å². The van der Waals surface area contributed by atoms with Gasteiger partial charge in [0.1, 0.15) is 17.9 Å². The van der Waals surface area contributed by atoms with Gasteiger partial charge in [0.05, 0.1) is 11.7 Å². The fourth-order valence-corrected chi connectivity index (χ4v) is 2.06. The standard InChI is InChI=1S/C15H19N3O3/c1-15(2,3)21-14(20)18(4)12(9-19)11-7-5-6-10-8-16-17-13(10)11/h5-9,12H,1-4H3,(H,16,17). The summed E-state index contributed by atoms with van der Waals surface area (Å²) in [5, 5.41) is 7.71. The molecule has 0 saturated carbocycles. The second kappa shape index (κ2) is 5.55. The first kappa shape index (κ1) is 15.0. The molecule has 0 saturated heterocycles. The molecule has 1 atom stereocenters. The molecule has 0 bridgehead atoms. The van der Waals surface area contributed by atoms with E-state index in [2.05, 4.69) is 10.2 Å². The van der Waals surface area contributed by atoms with Gasteiger partial charge in [0.15, 0.2) is 0 Å². The first-order valence-corrected chi connectivity index (χ1v) is 6.66. The Balaban J connectivity index is 2.33. The number of H-pyrrole nitrogens is 1. The number of carbonyl (C=O) groups is 2. The van der Waals surface area contributed by atoms with Gasteiger partial charge in [-0.3, -0.25) is 10.00 Å². The van der Waals surface area contributed by atoms with Gasteiger partial charge in [-0.2, -0.15) is 5.10 Å². The third-order valence-electron chi connectivity index (χ3n) is 3.06. The monoisotopic (exact) mass is 289 g/mol. The van der Waals surface area contributed by atoms with Gasteiger partial charge >= 0.3 is 6.09 Å². The summed E-state index contributed by atoms with van der Waals surface area (Å²) in [5.41, 5.74) is 0.817. The van der Waals surface area contributed by atoms with Crippen LogP contribution < -0.4 is 0 Å². The van der Waals surface area contributed by atoms with E-state index in [-0.39, 0.29) is 0 Å². The van der Waals surface area contributed by atoms with Crippen molar-refractivity contribution in [2.24, 2.45) is 0 Å². The maximum Gasteiger partial charge on any atom is 0.410 e. The number of benzene rings is 1. The van der Waals surface area contributed by atoms with Gasteiger partial charge in [-0.05, 0) is 20.8 Å². The number of fused-ring (bicyclic) bond motifs is 1. The van der Waals surface area contributed by atoms with Crippen molar-refractivity contribution in [2.75, 3.05) is 7.05 Å². The van der Waals surface area contributed by atoms with Crippen LogP contribution in [0.3, 0.4) is 0 Å². The van der Waals surface area contributed by atoms with Crippen LogP contribution in [-0.4, -0.2) is 40.1 Å². The predicted molar refractivity (Wildman–Crippen MR) is 78.9 cm³/mol. The van der Waals surface area contributed by atoms with Crippen molar-refractivity contribution in [2.45, 2.75) is 32.4 Å². The molecule has 112 valence electrons. The van der Waals surface area contributed by atoms with Crippen LogP contribution in [0.1, 0.15) is 32.4 Å². The summed E-state index contributed by atoms with van der Waals surface area (Å²) >= 11 is 0. The Bertz CT molecular complexity index is 657. The quantitative estimate of drug-likeness (QED) is 0.881. The molecule has 0 radical (unpaired) electrons. The van der Waals surface area contributed by atoms with Crippen LogP contribution >= 0.6 is 0 Å². The highest BCUT2D eigenvalue weighted by Gasteiger charge is 2.27. The van der Waals surface area contributed by atoms with E-state index in [1.807, 2.05) is 12.1 Å². The molecule has 1 aromatic carbocycles. The molecule has 1 unspecified atom stereocenters. The fraction of sp³-hybridized carbons (Fsp3) is 0.400.